The molecule has 0 saturated heterocycles. The summed E-state index contributed by atoms with van der Waals surface area (Å²) < 4.78 is 1.82. The number of halogens is 1. The average molecular weight is 430 g/mol. The summed E-state index contributed by atoms with van der Waals surface area (Å²) in [6, 6.07) is 14.3. The minimum Gasteiger partial charge on any atom is -0.326 e. The molecule has 1 heterocycles. The van der Waals surface area contributed by atoms with Crippen molar-refractivity contribution in [3.63, 3.8) is 0 Å². The van der Waals surface area contributed by atoms with Gasteiger partial charge in [0.2, 0.25) is 11.8 Å². The molecule has 9 heteroatoms. The maximum absolute atomic E-state index is 12.5. The molecule has 29 heavy (non-hydrogen) atoms. The second-order valence-corrected chi connectivity index (χ2v) is 8.07. The molecule has 2 N–H and O–H groups in total. The molecule has 0 radical (unpaired) electrons. The monoisotopic (exact) mass is 429 g/mol. The van der Waals surface area contributed by atoms with Gasteiger partial charge in [-0.3, -0.25) is 9.59 Å². The fourth-order valence-electron chi connectivity index (χ4n) is 2.59. The Bertz CT molecular complexity index is 1040. The van der Waals surface area contributed by atoms with Crippen LogP contribution in [0.1, 0.15) is 13.8 Å². The van der Waals surface area contributed by atoms with Crippen LogP contribution in [0.2, 0.25) is 5.02 Å². The fraction of sp³-hybridized carbons (Fsp3) is 0.200. The smallest absolute Gasteiger partial charge is 0.237 e. The number of benzene rings is 2. The van der Waals surface area contributed by atoms with Crippen molar-refractivity contribution in [3.05, 3.63) is 53.6 Å². The van der Waals surface area contributed by atoms with Gasteiger partial charge >= 0.3 is 0 Å². The van der Waals surface area contributed by atoms with Crippen LogP contribution in [0.3, 0.4) is 0 Å². The van der Waals surface area contributed by atoms with Crippen LogP contribution >= 0.6 is 23.4 Å². The third kappa shape index (κ3) is 5.16. The molecular weight excluding hydrogens is 410 g/mol. The van der Waals surface area contributed by atoms with Crippen molar-refractivity contribution in [2.75, 3.05) is 10.6 Å². The highest BCUT2D eigenvalue weighted by Gasteiger charge is 2.20. The Labute approximate surface area is 177 Å². The Kier molecular flexibility index (Phi) is 6.56. The Morgan fingerprint density at radius 3 is 2.28 bits per heavy atom. The molecule has 2 amide bonds. The van der Waals surface area contributed by atoms with Crippen molar-refractivity contribution in [1.82, 2.24) is 14.8 Å². The van der Waals surface area contributed by atoms with Gasteiger partial charge in [-0.1, -0.05) is 35.5 Å². The fourth-order valence-corrected chi connectivity index (χ4v) is 3.63. The molecule has 0 spiro atoms. The highest BCUT2D eigenvalue weighted by molar-refractivity contribution is 8.00. The molecule has 1 unspecified atom stereocenters. The lowest BCUT2D eigenvalue weighted by Gasteiger charge is -2.12. The van der Waals surface area contributed by atoms with E-state index in [9.17, 15) is 9.59 Å². The van der Waals surface area contributed by atoms with E-state index in [0.717, 1.165) is 5.56 Å². The lowest BCUT2D eigenvalue weighted by atomic mass is 10.2. The zero-order valence-electron chi connectivity index (χ0n) is 16.1. The number of hydrogen-bond donors (Lipinski definition) is 2. The van der Waals surface area contributed by atoms with Crippen LogP contribution in [-0.4, -0.2) is 31.8 Å². The summed E-state index contributed by atoms with van der Waals surface area (Å²) in [5.74, 6) is 0.329. The van der Waals surface area contributed by atoms with Crippen molar-refractivity contribution >= 4 is 46.6 Å². The summed E-state index contributed by atoms with van der Waals surface area (Å²) in [6.07, 6.45) is 0. The quantitative estimate of drug-likeness (QED) is 0.573. The van der Waals surface area contributed by atoms with Crippen LogP contribution in [0.25, 0.3) is 11.4 Å². The summed E-state index contributed by atoms with van der Waals surface area (Å²) in [4.78, 5) is 23.6. The molecule has 2 aromatic carbocycles. The Hall–Kier alpha value is -2.84. The van der Waals surface area contributed by atoms with Gasteiger partial charge in [-0.2, -0.15) is 0 Å². The number of carbonyl (C=O) groups is 2. The summed E-state index contributed by atoms with van der Waals surface area (Å²) in [6.45, 7) is 3.24. The van der Waals surface area contributed by atoms with Gasteiger partial charge in [0.25, 0.3) is 0 Å². The third-order valence-corrected chi connectivity index (χ3v) is 5.54. The SMILES string of the molecule is CC(=O)Nc1ccc(NC(=O)C(C)Sc2nnc(-c3ccccc3Cl)n2C)cc1. The number of hydrogen-bond acceptors (Lipinski definition) is 5. The molecule has 7 nitrogen and oxygen atoms in total. The predicted octanol–water partition coefficient (Wildman–Crippen LogP) is 4.21. The molecule has 0 saturated carbocycles. The maximum atomic E-state index is 12.5. The molecule has 0 fully saturated rings. The van der Waals surface area contributed by atoms with Crippen LogP contribution in [0.5, 0.6) is 0 Å². The highest BCUT2D eigenvalue weighted by atomic mass is 35.5. The molecular formula is C20H20ClN5O2S. The van der Waals surface area contributed by atoms with E-state index >= 15 is 0 Å². The van der Waals surface area contributed by atoms with Crippen molar-refractivity contribution in [1.29, 1.82) is 0 Å². The van der Waals surface area contributed by atoms with Gasteiger partial charge in [0.05, 0.1) is 10.3 Å². The summed E-state index contributed by atoms with van der Waals surface area (Å²) >= 11 is 7.56. The summed E-state index contributed by atoms with van der Waals surface area (Å²) in [5, 5.41) is 14.8. The van der Waals surface area contributed by atoms with Gasteiger partial charge in [0.15, 0.2) is 11.0 Å². The molecule has 0 bridgehead atoms. The van der Waals surface area contributed by atoms with E-state index in [0.29, 0.717) is 27.4 Å². The number of thioether (sulfide) groups is 1. The molecule has 3 aromatic rings. The predicted molar refractivity (Wildman–Crippen MR) is 116 cm³/mol. The van der Waals surface area contributed by atoms with Gasteiger partial charge in [-0.25, -0.2) is 0 Å². The van der Waals surface area contributed by atoms with Gasteiger partial charge in [0, 0.05) is 30.9 Å². The first-order valence-corrected chi connectivity index (χ1v) is 10.1. The Morgan fingerprint density at radius 2 is 1.66 bits per heavy atom. The van der Waals surface area contributed by atoms with Crippen LogP contribution in [-0.2, 0) is 16.6 Å². The van der Waals surface area contributed by atoms with Crippen molar-refractivity contribution in [2.45, 2.75) is 24.3 Å². The van der Waals surface area contributed by atoms with Crippen LogP contribution < -0.4 is 10.6 Å². The normalized spacial score (nSPS) is 11.7. The van der Waals surface area contributed by atoms with E-state index < -0.39 is 5.25 Å². The lowest BCUT2D eigenvalue weighted by Crippen LogP contribution is -2.22. The van der Waals surface area contributed by atoms with E-state index in [1.165, 1.54) is 18.7 Å². The van der Waals surface area contributed by atoms with Crippen molar-refractivity contribution < 1.29 is 9.59 Å². The third-order valence-electron chi connectivity index (χ3n) is 4.07. The number of nitrogens with one attached hydrogen (secondary N) is 2. The van der Waals surface area contributed by atoms with E-state index in [4.69, 9.17) is 11.6 Å². The number of anilines is 2. The van der Waals surface area contributed by atoms with Crippen LogP contribution in [0, 0.1) is 0 Å². The van der Waals surface area contributed by atoms with E-state index in [2.05, 4.69) is 20.8 Å². The minimum absolute atomic E-state index is 0.147. The number of nitrogens with zero attached hydrogens (tertiary/aromatic N) is 3. The van der Waals surface area contributed by atoms with E-state index in [1.54, 1.807) is 37.3 Å². The maximum Gasteiger partial charge on any atom is 0.237 e. The number of aromatic nitrogens is 3. The number of amides is 2. The Balaban J connectivity index is 1.66. The minimum atomic E-state index is -0.396. The van der Waals surface area contributed by atoms with Crippen molar-refractivity contribution in [2.24, 2.45) is 7.05 Å². The molecule has 0 aliphatic carbocycles. The van der Waals surface area contributed by atoms with E-state index in [1.807, 2.05) is 29.8 Å². The standard InChI is InChI=1S/C20H20ClN5O2S/c1-12(19(28)23-15-10-8-14(9-11-15)22-13(2)27)29-20-25-24-18(26(20)3)16-6-4-5-7-17(16)21/h4-12H,1-3H3,(H,22,27)(H,23,28). The topological polar surface area (TPSA) is 88.9 Å². The first-order valence-electron chi connectivity index (χ1n) is 8.84. The average Bonchev–Trinajstić information content (AvgIpc) is 3.03. The van der Waals surface area contributed by atoms with Gasteiger partial charge in [-0.05, 0) is 43.3 Å². The zero-order chi connectivity index (χ0) is 21.0. The second kappa shape index (κ2) is 9.11. The largest absolute Gasteiger partial charge is 0.326 e. The van der Waals surface area contributed by atoms with Crippen LogP contribution in [0.4, 0.5) is 11.4 Å². The zero-order valence-corrected chi connectivity index (χ0v) is 17.7. The van der Waals surface area contributed by atoms with Crippen molar-refractivity contribution in [3.8, 4) is 11.4 Å². The van der Waals surface area contributed by atoms with Gasteiger partial charge in [-0.15, -0.1) is 10.2 Å². The molecule has 1 atom stereocenters. The first kappa shape index (κ1) is 20.9. The van der Waals surface area contributed by atoms with E-state index in [-0.39, 0.29) is 11.8 Å². The molecule has 150 valence electrons. The second-order valence-electron chi connectivity index (χ2n) is 6.35. The Morgan fingerprint density at radius 1 is 1.03 bits per heavy atom. The summed E-state index contributed by atoms with van der Waals surface area (Å²) in [5.41, 5.74) is 2.10. The molecule has 0 aliphatic heterocycles. The molecule has 3 rings (SSSR count). The lowest BCUT2D eigenvalue weighted by molar-refractivity contribution is -0.115. The van der Waals surface area contributed by atoms with Gasteiger partial charge < -0.3 is 15.2 Å². The summed E-state index contributed by atoms with van der Waals surface area (Å²) in [7, 11) is 1.84. The first-order chi connectivity index (χ1) is 13.8. The number of rotatable bonds is 6. The number of carbonyl (C=O) groups excluding carboxylic acids is 2. The van der Waals surface area contributed by atoms with Gasteiger partial charge in [0.1, 0.15) is 0 Å². The highest BCUT2D eigenvalue weighted by Crippen LogP contribution is 2.30. The molecule has 1 aromatic heterocycles. The molecule has 0 aliphatic rings. The van der Waals surface area contributed by atoms with Crippen LogP contribution in [0.15, 0.2) is 53.7 Å².